The maximum atomic E-state index is 12.5. The quantitative estimate of drug-likeness (QED) is 0.276. The van der Waals surface area contributed by atoms with Crippen LogP contribution in [0.15, 0.2) is 84.1 Å². The molecular formula is C26H24ClN3O3S. The average Bonchev–Trinajstić information content (AvgIpc) is 3.29. The normalized spacial score (nSPS) is 10.7. The number of amides is 1. The van der Waals surface area contributed by atoms with E-state index in [4.69, 9.17) is 26.1 Å². The van der Waals surface area contributed by atoms with Gasteiger partial charge in [0.15, 0.2) is 5.16 Å². The Morgan fingerprint density at radius 2 is 1.68 bits per heavy atom. The number of methoxy groups -OCH3 is 1. The molecule has 174 valence electrons. The fourth-order valence-corrected chi connectivity index (χ4v) is 4.20. The van der Waals surface area contributed by atoms with Crippen molar-refractivity contribution >= 4 is 35.0 Å². The Morgan fingerprint density at radius 3 is 2.32 bits per heavy atom. The molecule has 0 bridgehead atoms. The summed E-state index contributed by atoms with van der Waals surface area (Å²) in [5, 5.41) is 4.21. The Balaban J connectivity index is 1.57. The van der Waals surface area contributed by atoms with Crippen molar-refractivity contribution < 1.29 is 14.3 Å². The summed E-state index contributed by atoms with van der Waals surface area (Å²) in [5.41, 5.74) is 3.39. The number of imidazole rings is 1. The van der Waals surface area contributed by atoms with E-state index in [1.807, 2.05) is 66.2 Å². The Morgan fingerprint density at radius 1 is 1.00 bits per heavy atom. The molecule has 34 heavy (non-hydrogen) atoms. The Kier molecular flexibility index (Phi) is 7.77. The number of hydrogen-bond donors (Lipinski definition) is 1. The topological polar surface area (TPSA) is 65.4 Å². The van der Waals surface area contributed by atoms with Gasteiger partial charge in [-0.3, -0.25) is 9.36 Å². The van der Waals surface area contributed by atoms with Gasteiger partial charge in [0.25, 0.3) is 0 Å². The summed E-state index contributed by atoms with van der Waals surface area (Å²) >= 11 is 7.29. The second kappa shape index (κ2) is 11.1. The second-order valence-electron chi connectivity index (χ2n) is 7.28. The number of ether oxygens (including phenoxy) is 2. The monoisotopic (exact) mass is 493 g/mol. The number of rotatable bonds is 9. The minimum Gasteiger partial charge on any atom is -0.497 e. The van der Waals surface area contributed by atoms with Crippen molar-refractivity contribution in [3.63, 3.8) is 0 Å². The van der Waals surface area contributed by atoms with Gasteiger partial charge < -0.3 is 14.8 Å². The van der Waals surface area contributed by atoms with E-state index in [1.165, 1.54) is 11.8 Å². The molecule has 0 unspecified atom stereocenters. The molecule has 0 aliphatic heterocycles. The molecule has 1 amide bonds. The first kappa shape index (κ1) is 23.7. The van der Waals surface area contributed by atoms with Gasteiger partial charge in [0, 0.05) is 28.2 Å². The van der Waals surface area contributed by atoms with Crippen molar-refractivity contribution in [2.24, 2.45) is 0 Å². The first-order chi connectivity index (χ1) is 16.6. The van der Waals surface area contributed by atoms with Crippen molar-refractivity contribution in [2.45, 2.75) is 12.1 Å². The molecular weight excluding hydrogens is 470 g/mol. The molecule has 0 saturated heterocycles. The summed E-state index contributed by atoms with van der Waals surface area (Å²) in [6.07, 6.45) is 1.97. The van der Waals surface area contributed by atoms with Crippen LogP contribution in [0.1, 0.15) is 6.92 Å². The fraction of sp³-hybridized carbons (Fsp3) is 0.154. The number of carbonyl (C=O) groups is 1. The van der Waals surface area contributed by atoms with Crippen LogP contribution in [0.4, 0.5) is 5.69 Å². The van der Waals surface area contributed by atoms with Crippen LogP contribution < -0.4 is 14.8 Å². The standard InChI is InChI=1S/C26H24ClN3O3S/c1-3-33-23-12-4-18(5-13-23)24-16-30(21-10-14-22(32-2)15-11-21)26(29-24)34-17-25(31)28-20-8-6-19(27)7-9-20/h4-16H,3,17H2,1-2H3,(H,28,31). The van der Waals surface area contributed by atoms with Crippen LogP contribution in [0.5, 0.6) is 11.5 Å². The highest BCUT2D eigenvalue weighted by atomic mass is 35.5. The van der Waals surface area contributed by atoms with E-state index in [2.05, 4.69) is 5.32 Å². The molecule has 0 atom stereocenters. The number of anilines is 1. The molecule has 0 spiro atoms. The number of aromatic nitrogens is 2. The largest absolute Gasteiger partial charge is 0.497 e. The number of carbonyl (C=O) groups excluding carboxylic acids is 1. The average molecular weight is 494 g/mol. The lowest BCUT2D eigenvalue weighted by Gasteiger charge is -2.09. The predicted molar refractivity (Wildman–Crippen MR) is 138 cm³/mol. The maximum Gasteiger partial charge on any atom is 0.234 e. The first-order valence-electron chi connectivity index (χ1n) is 10.7. The van der Waals surface area contributed by atoms with E-state index in [0.29, 0.717) is 22.5 Å². The van der Waals surface area contributed by atoms with Gasteiger partial charge in [-0.1, -0.05) is 23.4 Å². The lowest BCUT2D eigenvalue weighted by Crippen LogP contribution is -2.14. The maximum absolute atomic E-state index is 12.5. The van der Waals surface area contributed by atoms with Crippen molar-refractivity contribution in [2.75, 3.05) is 24.8 Å². The Labute approximate surface area is 207 Å². The van der Waals surface area contributed by atoms with Crippen LogP contribution in [-0.2, 0) is 4.79 Å². The minimum absolute atomic E-state index is 0.126. The van der Waals surface area contributed by atoms with Crippen LogP contribution in [0, 0.1) is 0 Å². The highest BCUT2D eigenvalue weighted by Gasteiger charge is 2.14. The van der Waals surface area contributed by atoms with Crippen molar-refractivity contribution in [1.82, 2.24) is 9.55 Å². The molecule has 0 fully saturated rings. The third kappa shape index (κ3) is 5.92. The summed E-state index contributed by atoms with van der Waals surface area (Å²) < 4.78 is 12.8. The van der Waals surface area contributed by atoms with Gasteiger partial charge in [-0.25, -0.2) is 4.98 Å². The van der Waals surface area contributed by atoms with Gasteiger partial charge in [-0.15, -0.1) is 0 Å². The zero-order valence-corrected chi connectivity index (χ0v) is 20.4. The third-order valence-corrected chi connectivity index (χ3v) is 6.15. The number of halogens is 1. The number of nitrogens with zero attached hydrogens (tertiary/aromatic N) is 2. The fourth-order valence-electron chi connectivity index (χ4n) is 3.28. The molecule has 1 heterocycles. The second-order valence-corrected chi connectivity index (χ2v) is 8.66. The Bertz CT molecular complexity index is 1240. The number of thioether (sulfide) groups is 1. The molecule has 6 nitrogen and oxygen atoms in total. The van der Waals surface area contributed by atoms with E-state index in [9.17, 15) is 4.79 Å². The van der Waals surface area contributed by atoms with Gasteiger partial charge in [0.1, 0.15) is 11.5 Å². The molecule has 3 aromatic carbocycles. The SMILES string of the molecule is CCOc1ccc(-c2cn(-c3ccc(OC)cc3)c(SCC(=O)Nc3ccc(Cl)cc3)n2)cc1. The molecule has 0 aliphatic carbocycles. The van der Waals surface area contributed by atoms with Crippen LogP contribution in [-0.4, -0.2) is 34.9 Å². The number of benzene rings is 3. The number of nitrogens with one attached hydrogen (secondary N) is 1. The first-order valence-corrected chi connectivity index (χ1v) is 12.1. The summed E-state index contributed by atoms with van der Waals surface area (Å²) in [6.45, 7) is 2.57. The van der Waals surface area contributed by atoms with Crippen LogP contribution in [0.3, 0.4) is 0 Å². The Hall–Kier alpha value is -3.42. The van der Waals surface area contributed by atoms with Gasteiger partial charge in [-0.05, 0) is 79.7 Å². The van der Waals surface area contributed by atoms with Gasteiger partial charge in [0.05, 0.1) is 25.2 Å². The summed E-state index contributed by atoms with van der Waals surface area (Å²) in [6, 6.07) is 22.5. The molecule has 4 aromatic rings. The van der Waals surface area contributed by atoms with Crippen LogP contribution in [0.25, 0.3) is 16.9 Å². The molecule has 0 saturated carbocycles. The lowest BCUT2D eigenvalue weighted by molar-refractivity contribution is -0.113. The van der Waals surface area contributed by atoms with E-state index in [-0.39, 0.29) is 11.7 Å². The molecule has 1 aromatic heterocycles. The molecule has 1 N–H and O–H groups in total. The molecule has 0 radical (unpaired) electrons. The predicted octanol–water partition coefficient (Wildman–Crippen LogP) is 6.33. The lowest BCUT2D eigenvalue weighted by atomic mass is 10.1. The summed E-state index contributed by atoms with van der Waals surface area (Å²) in [4.78, 5) is 17.4. The van der Waals surface area contributed by atoms with Crippen LogP contribution in [0.2, 0.25) is 5.02 Å². The van der Waals surface area contributed by atoms with Gasteiger partial charge in [0.2, 0.25) is 5.91 Å². The van der Waals surface area contributed by atoms with Crippen molar-refractivity contribution in [3.05, 3.63) is 84.0 Å². The molecule has 0 aliphatic rings. The highest BCUT2D eigenvalue weighted by molar-refractivity contribution is 7.99. The zero-order valence-electron chi connectivity index (χ0n) is 18.8. The van der Waals surface area contributed by atoms with Gasteiger partial charge in [-0.2, -0.15) is 0 Å². The number of hydrogen-bond acceptors (Lipinski definition) is 5. The zero-order chi connectivity index (χ0) is 23.9. The summed E-state index contributed by atoms with van der Waals surface area (Å²) in [7, 11) is 1.64. The van der Waals surface area contributed by atoms with E-state index < -0.39 is 0 Å². The summed E-state index contributed by atoms with van der Waals surface area (Å²) in [5.74, 6) is 1.67. The van der Waals surface area contributed by atoms with E-state index >= 15 is 0 Å². The minimum atomic E-state index is -0.126. The van der Waals surface area contributed by atoms with E-state index in [1.54, 1.807) is 31.4 Å². The van der Waals surface area contributed by atoms with Crippen LogP contribution >= 0.6 is 23.4 Å². The highest BCUT2D eigenvalue weighted by Crippen LogP contribution is 2.29. The van der Waals surface area contributed by atoms with Crippen molar-refractivity contribution in [1.29, 1.82) is 0 Å². The smallest absolute Gasteiger partial charge is 0.234 e. The van der Waals surface area contributed by atoms with E-state index in [0.717, 1.165) is 28.4 Å². The van der Waals surface area contributed by atoms with Crippen molar-refractivity contribution in [3.8, 4) is 28.4 Å². The molecule has 4 rings (SSSR count). The third-order valence-electron chi connectivity index (χ3n) is 4.95. The molecule has 8 heteroatoms. The van der Waals surface area contributed by atoms with Gasteiger partial charge >= 0.3 is 0 Å².